The zero-order valence-corrected chi connectivity index (χ0v) is 17.3. The number of ether oxygens (including phenoxy) is 2. The number of nitrogens with zero attached hydrogens (tertiary/aromatic N) is 1. The van der Waals surface area contributed by atoms with Crippen molar-refractivity contribution in [2.24, 2.45) is 17.3 Å². The summed E-state index contributed by atoms with van der Waals surface area (Å²) in [7, 11) is 1.60. The molecule has 148 valence electrons. The zero-order chi connectivity index (χ0) is 20.3. The molecule has 1 rings (SSSR count). The number of hydrogen-bond acceptors (Lipinski definition) is 5. The Kier molecular flexibility index (Phi) is 11.1. The Hall–Kier alpha value is -1.64. The van der Waals surface area contributed by atoms with Gasteiger partial charge in [0.15, 0.2) is 6.29 Å². The SMILES string of the molecule is CC.CCOC(O)CC(CC1=CC(C(C)(C)C#N)CC=C1OC)C(C)=O. The fraction of sp³-hybridized carbons (Fsp3) is 0.714. The van der Waals surface area contributed by atoms with Crippen LogP contribution in [0.1, 0.15) is 60.8 Å². The van der Waals surface area contributed by atoms with Crippen LogP contribution in [-0.4, -0.2) is 30.9 Å². The molecule has 0 saturated carbocycles. The highest BCUT2D eigenvalue weighted by Gasteiger charge is 2.32. The second kappa shape index (κ2) is 11.9. The summed E-state index contributed by atoms with van der Waals surface area (Å²) in [6, 6.07) is 2.35. The molecule has 5 nitrogen and oxygen atoms in total. The van der Waals surface area contributed by atoms with E-state index < -0.39 is 11.7 Å². The molecule has 0 aromatic carbocycles. The molecule has 1 aliphatic carbocycles. The average molecular weight is 366 g/mol. The first-order valence-corrected chi connectivity index (χ1v) is 9.41. The van der Waals surface area contributed by atoms with Crippen LogP contribution in [0.15, 0.2) is 23.5 Å². The molecule has 0 fully saturated rings. The Balaban J connectivity index is 0.00000301. The maximum atomic E-state index is 12.0. The number of allylic oxidation sites excluding steroid dienone is 3. The lowest BCUT2D eigenvalue weighted by Gasteiger charge is -2.30. The van der Waals surface area contributed by atoms with Crippen LogP contribution in [-0.2, 0) is 14.3 Å². The lowest BCUT2D eigenvalue weighted by atomic mass is 9.74. The summed E-state index contributed by atoms with van der Waals surface area (Å²) >= 11 is 0. The van der Waals surface area contributed by atoms with E-state index in [0.29, 0.717) is 13.0 Å². The van der Waals surface area contributed by atoms with Crippen LogP contribution < -0.4 is 0 Å². The van der Waals surface area contributed by atoms with Gasteiger partial charge in [-0.25, -0.2) is 0 Å². The van der Waals surface area contributed by atoms with Crippen molar-refractivity contribution in [2.75, 3.05) is 13.7 Å². The summed E-state index contributed by atoms with van der Waals surface area (Å²) < 4.78 is 10.6. The first-order valence-electron chi connectivity index (χ1n) is 9.41. The first kappa shape index (κ1) is 24.4. The highest BCUT2D eigenvalue weighted by molar-refractivity contribution is 5.78. The van der Waals surface area contributed by atoms with E-state index in [4.69, 9.17) is 9.47 Å². The van der Waals surface area contributed by atoms with Gasteiger partial charge in [0.05, 0.1) is 18.6 Å². The van der Waals surface area contributed by atoms with Gasteiger partial charge in [-0.2, -0.15) is 5.26 Å². The van der Waals surface area contributed by atoms with Crippen molar-refractivity contribution in [1.29, 1.82) is 5.26 Å². The molecule has 0 spiro atoms. The third-order valence-corrected chi connectivity index (χ3v) is 4.60. The third-order valence-electron chi connectivity index (χ3n) is 4.60. The van der Waals surface area contributed by atoms with Crippen molar-refractivity contribution in [3.8, 4) is 6.07 Å². The van der Waals surface area contributed by atoms with E-state index >= 15 is 0 Å². The summed E-state index contributed by atoms with van der Waals surface area (Å²) in [5.41, 5.74) is 0.429. The second-order valence-corrected chi connectivity index (χ2v) is 6.80. The van der Waals surface area contributed by atoms with Crippen LogP contribution in [0.2, 0.25) is 0 Å². The van der Waals surface area contributed by atoms with Gasteiger partial charge < -0.3 is 14.6 Å². The van der Waals surface area contributed by atoms with E-state index in [9.17, 15) is 15.2 Å². The minimum atomic E-state index is -0.950. The van der Waals surface area contributed by atoms with Crippen LogP contribution >= 0.6 is 0 Å². The Morgan fingerprint density at radius 2 is 2.08 bits per heavy atom. The number of rotatable bonds is 9. The minimum absolute atomic E-state index is 0.00627. The summed E-state index contributed by atoms with van der Waals surface area (Å²) in [5, 5.41) is 19.2. The van der Waals surface area contributed by atoms with Gasteiger partial charge in [-0.15, -0.1) is 0 Å². The van der Waals surface area contributed by atoms with Crippen molar-refractivity contribution in [2.45, 2.75) is 67.1 Å². The van der Waals surface area contributed by atoms with Crippen LogP contribution in [0.4, 0.5) is 0 Å². The number of methoxy groups -OCH3 is 1. The quantitative estimate of drug-likeness (QED) is 0.613. The van der Waals surface area contributed by atoms with E-state index in [1.165, 1.54) is 6.92 Å². The number of carbonyl (C=O) groups excluding carboxylic acids is 1. The molecule has 0 radical (unpaired) electrons. The molecule has 0 bridgehead atoms. The summed E-state index contributed by atoms with van der Waals surface area (Å²) in [5.74, 6) is 0.477. The van der Waals surface area contributed by atoms with E-state index in [2.05, 4.69) is 6.07 Å². The van der Waals surface area contributed by atoms with Gasteiger partial charge in [-0.05, 0) is 58.1 Å². The summed E-state index contributed by atoms with van der Waals surface area (Å²) in [4.78, 5) is 12.0. The first-order chi connectivity index (χ1) is 12.2. The Labute approximate surface area is 158 Å². The van der Waals surface area contributed by atoms with Crippen LogP contribution in [0.3, 0.4) is 0 Å². The van der Waals surface area contributed by atoms with Crippen LogP contribution in [0.25, 0.3) is 0 Å². The predicted molar refractivity (Wildman–Crippen MR) is 103 cm³/mol. The molecule has 0 amide bonds. The number of Topliss-reactive ketones (excluding diaryl/α,β-unsaturated/α-hetero) is 1. The summed E-state index contributed by atoms with van der Waals surface area (Å²) in [6.45, 7) is 11.6. The van der Waals surface area contributed by atoms with Crippen molar-refractivity contribution in [1.82, 2.24) is 0 Å². The number of aliphatic hydroxyl groups is 1. The smallest absolute Gasteiger partial charge is 0.155 e. The van der Waals surface area contributed by atoms with E-state index in [-0.39, 0.29) is 24.0 Å². The molecule has 3 unspecified atom stereocenters. The highest BCUT2D eigenvalue weighted by atomic mass is 16.6. The van der Waals surface area contributed by atoms with Gasteiger partial charge in [-0.3, -0.25) is 4.79 Å². The second-order valence-electron chi connectivity index (χ2n) is 6.80. The molecule has 0 aromatic heterocycles. The maximum Gasteiger partial charge on any atom is 0.155 e. The van der Waals surface area contributed by atoms with E-state index in [1.54, 1.807) is 14.0 Å². The summed E-state index contributed by atoms with van der Waals surface area (Å²) in [6.07, 6.45) is 4.54. The molecular weight excluding hydrogens is 330 g/mol. The van der Waals surface area contributed by atoms with E-state index in [1.807, 2.05) is 39.8 Å². The van der Waals surface area contributed by atoms with Gasteiger partial charge in [0, 0.05) is 18.9 Å². The number of hydrogen-bond donors (Lipinski definition) is 1. The van der Waals surface area contributed by atoms with Gasteiger partial charge >= 0.3 is 0 Å². The van der Waals surface area contributed by atoms with Crippen molar-refractivity contribution < 1.29 is 19.4 Å². The molecule has 1 aliphatic rings. The van der Waals surface area contributed by atoms with Gasteiger partial charge in [0.25, 0.3) is 0 Å². The topological polar surface area (TPSA) is 79.6 Å². The molecule has 0 saturated heterocycles. The fourth-order valence-corrected chi connectivity index (χ4v) is 2.89. The standard InChI is InChI=1S/C19H29NO4.C2H6/c1-6-24-18(22)11-14(13(2)21)9-15-10-16(19(3,4)12-20)7-8-17(15)23-5;1-2/h8,10,14,16,18,22H,6-7,9,11H2,1-5H3;1-2H3. The maximum absolute atomic E-state index is 12.0. The molecule has 0 heterocycles. The van der Waals surface area contributed by atoms with Gasteiger partial charge in [0.2, 0.25) is 0 Å². The lowest BCUT2D eigenvalue weighted by molar-refractivity contribution is -0.131. The minimum Gasteiger partial charge on any atom is -0.497 e. The Morgan fingerprint density at radius 1 is 1.46 bits per heavy atom. The van der Waals surface area contributed by atoms with Gasteiger partial charge in [0.1, 0.15) is 11.5 Å². The number of ketones is 1. The monoisotopic (exact) mass is 365 g/mol. The number of aliphatic hydroxyl groups excluding tert-OH is 1. The number of carbonyl (C=O) groups is 1. The van der Waals surface area contributed by atoms with Crippen molar-refractivity contribution in [3.63, 3.8) is 0 Å². The molecular formula is C21H35NO4. The van der Waals surface area contributed by atoms with Crippen LogP contribution in [0, 0.1) is 28.6 Å². The molecule has 0 aromatic rings. The molecule has 1 N–H and O–H groups in total. The largest absolute Gasteiger partial charge is 0.497 e. The fourth-order valence-electron chi connectivity index (χ4n) is 2.89. The average Bonchev–Trinajstić information content (AvgIpc) is 2.62. The zero-order valence-electron chi connectivity index (χ0n) is 17.3. The molecule has 26 heavy (non-hydrogen) atoms. The molecule has 3 atom stereocenters. The van der Waals surface area contributed by atoms with Gasteiger partial charge in [-0.1, -0.05) is 19.9 Å². The van der Waals surface area contributed by atoms with Crippen molar-refractivity contribution >= 4 is 5.78 Å². The van der Waals surface area contributed by atoms with Crippen molar-refractivity contribution in [3.05, 3.63) is 23.5 Å². The molecule has 5 heteroatoms. The molecule has 0 aliphatic heterocycles. The normalized spacial score (nSPS) is 19.1. The third kappa shape index (κ3) is 7.31. The van der Waals surface area contributed by atoms with E-state index in [0.717, 1.165) is 17.8 Å². The highest BCUT2D eigenvalue weighted by Crippen LogP contribution is 2.38. The lowest BCUT2D eigenvalue weighted by Crippen LogP contribution is -2.25. The Morgan fingerprint density at radius 3 is 2.54 bits per heavy atom. The number of nitriles is 1. The predicted octanol–water partition coefficient (Wildman–Crippen LogP) is 4.38. The van der Waals surface area contributed by atoms with Crippen LogP contribution in [0.5, 0.6) is 0 Å². The Bertz CT molecular complexity index is 543.